The Morgan fingerprint density at radius 1 is 1.00 bits per heavy atom. The van der Waals surface area contributed by atoms with Crippen molar-refractivity contribution in [3.63, 3.8) is 0 Å². The molecule has 2 aromatic carbocycles. The highest BCUT2D eigenvalue weighted by molar-refractivity contribution is 5.93. The van der Waals surface area contributed by atoms with E-state index in [2.05, 4.69) is 51.4 Å². The Hall–Kier alpha value is -3.05. The molecule has 0 spiro atoms. The van der Waals surface area contributed by atoms with E-state index < -0.39 is 0 Å². The SMILES string of the molecule is CC1CCCCN1Cc1ccc(CNC(=O)c2cnc(-c3ccccc3)nc2)cc1. The zero-order valence-electron chi connectivity index (χ0n) is 17.4. The summed E-state index contributed by atoms with van der Waals surface area (Å²) in [7, 11) is 0. The van der Waals surface area contributed by atoms with Crippen LogP contribution in [0.5, 0.6) is 0 Å². The number of piperidine rings is 1. The summed E-state index contributed by atoms with van der Waals surface area (Å²) in [6.07, 6.45) is 7.09. The van der Waals surface area contributed by atoms with E-state index in [4.69, 9.17) is 0 Å². The molecule has 1 aliphatic rings. The smallest absolute Gasteiger partial charge is 0.254 e. The maximum absolute atomic E-state index is 12.4. The molecule has 1 atom stereocenters. The van der Waals surface area contributed by atoms with Gasteiger partial charge in [0.2, 0.25) is 0 Å². The highest BCUT2D eigenvalue weighted by atomic mass is 16.1. The third-order valence-corrected chi connectivity index (χ3v) is 5.75. The van der Waals surface area contributed by atoms with Crippen LogP contribution < -0.4 is 5.32 Å². The van der Waals surface area contributed by atoms with Crippen LogP contribution in [0.25, 0.3) is 11.4 Å². The molecule has 30 heavy (non-hydrogen) atoms. The van der Waals surface area contributed by atoms with Gasteiger partial charge in [-0.2, -0.15) is 0 Å². The predicted molar refractivity (Wildman–Crippen MR) is 119 cm³/mol. The molecule has 5 heteroatoms. The van der Waals surface area contributed by atoms with Crippen LogP contribution in [0.3, 0.4) is 0 Å². The normalized spacial score (nSPS) is 16.9. The Morgan fingerprint density at radius 2 is 1.70 bits per heavy atom. The first kappa shape index (κ1) is 20.2. The maximum Gasteiger partial charge on any atom is 0.254 e. The highest BCUT2D eigenvalue weighted by Crippen LogP contribution is 2.19. The lowest BCUT2D eigenvalue weighted by atomic mass is 10.0. The second-order valence-corrected chi connectivity index (χ2v) is 7.98. The van der Waals surface area contributed by atoms with Crippen LogP contribution in [-0.2, 0) is 13.1 Å². The second-order valence-electron chi connectivity index (χ2n) is 7.98. The quantitative estimate of drug-likeness (QED) is 0.664. The van der Waals surface area contributed by atoms with Gasteiger partial charge in [-0.05, 0) is 37.4 Å². The summed E-state index contributed by atoms with van der Waals surface area (Å²) < 4.78 is 0. The van der Waals surface area contributed by atoms with E-state index in [0.717, 1.165) is 17.7 Å². The number of amides is 1. The van der Waals surface area contributed by atoms with Gasteiger partial charge < -0.3 is 5.32 Å². The maximum atomic E-state index is 12.4. The van der Waals surface area contributed by atoms with E-state index in [1.165, 1.54) is 31.4 Å². The van der Waals surface area contributed by atoms with Crippen molar-refractivity contribution in [2.45, 2.75) is 45.3 Å². The molecule has 1 fully saturated rings. The van der Waals surface area contributed by atoms with Crippen LogP contribution in [0.1, 0.15) is 47.7 Å². The zero-order chi connectivity index (χ0) is 20.8. The van der Waals surface area contributed by atoms with Crippen molar-refractivity contribution in [2.75, 3.05) is 6.54 Å². The van der Waals surface area contributed by atoms with E-state index in [1.54, 1.807) is 12.4 Å². The molecule has 3 aromatic rings. The molecular weight excluding hydrogens is 372 g/mol. The molecule has 1 N–H and O–H groups in total. The molecular formula is C25H28N4O. The number of likely N-dealkylation sites (tertiary alicyclic amines) is 1. The highest BCUT2D eigenvalue weighted by Gasteiger charge is 2.18. The van der Waals surface area contributed by atoms with Gasteiger partial charge in [0.25, 0.3) is 5.91 Å². The molecule has 0 radical (unpaired) electrons. The molecule has 0 aliphatic carbocycles. The van der Waals surface area contributed by atoms with Crippen LogP contribution in [0.15, 0.2) is 67.0 Å². The molecule has 154 valence electrons. The largest absolute Gasteiger partial charge is 0.348 e. The van der Waals surface area contributed by atoms with Gasteiger partial charge in [0.1, 0.15) is 0 Å². The molecule has 0 bridgehead atoms. The van der Waals surface area contributed by atoms with Crippen LogP contribution in [0.4, 0.5) is 0 Å². The van der Waals surface area contributed by atoms with E-state index in [9.17, 15) is 4.79 Å². The summed E-state index contributed by atoms with van der Waals surface area (Å²) in [5.41, 5.74) is 3.80. The number of hydrogen-bond acceptors (Lipinski definition) is 4. The number of hydrogen-bond donors (Lipinski definition) is 1. The summed E-state index contributed by atoms with van der Waals surface area (Å²) in [5.74, 6) is 0.451. The van der Waals surface area contributed by atoms with Gasteiger partial charge in [-0.3, -0.25) is 9.69 Å². The molecule has 2 heterocycles. The Morgan fingerprint density at radius 3 is 2.40 bits per heavy atom. The van der Waals surface area contributed by atoms with Crippen molar-refractivity contribution < 1.29 is 4.79 Å². The molecule has 0 saturated carbocycles. The summed E-state index contributed by atoms with van der Waals surface area (Å²) in [5, 5.41) is 2.95. The molecule has 5 nitrogen and oxygen atoms in total. The standard InChI is InChI=1S/C25H28N4O/c1-19-7-5-6-14-29(19)18-21-12-10-20(11-13-21)15-28-25(30)23-16-26-24(27-17-23)22-8-3-2-4-9-22/h2-4,8-13,16-17,19H,5-7,14-15,18H2,1H3,(H,28,30). The third-order valence-electron chi connectivity index (χ3n) is 5.75. The van der Waals surface area contributed by atoms with Gasteiger partial charge in [-0.25, -0.2) is 9.97 Å². The van der Waals surface area contributed by atoms with Gasteiger partial charge in [0.15, 0.2) is 5.82 Å². The van der Waals surface area contributed by atoms with E-state index in [1.807, 2.05) is 30.3 Å². The first-order chi connectivity index (χ1) is 14.7. The topological polar surface area (TPSA) is 58.1 Å². The molecule has 1 unspecified atom stereocenters. The number of rotatable bonds is 6. The minimum atomic E-state index is -0.166. The van der Waals surface area contributed by atoms with Gasteiger partial charge in [-0.1, -0.05) is 61.0 Å². The summed E-state index contributed by atoms with van der Waals surface area (Å²) >= 11 is 0. The van der Waals surface area contributed by atoms with Gasteiger partial charge in [-0.15, -0.1) is 0 Å². The number of nitrogens with zero attached hydrogens (tertiary/aromatic N) is 3. The number of carbonyl (C=O) groups is 1. The summed E-state index contributed by atoms with van der Waals surface area (Å²) in [6, 6.07) is 18.9. The average molecular weight is 401 g/mol. The van der Waals surface area contributed by atoms with Crippen LogP contribution in [-0.4, -0.2) is 33.4 Å². The fraction of sp³-hybridized carbons (Fsp3) is 0.320. The lowest BCUT2D eigenvalue weighted by molar-refractivity contribution is 0.0950. The van der Waals surface area contributed by atoms with Crippen LogP contribution >= 0.6 is 0 Å². The third kappa shape index (κ3) is 5.10. The Labute approximate surface area is 178 Å². The van der Waals surface area contributed by atoms with Crippen molar-refractivity contribution >= 4 is 5.91 Å². The Bertz CT molecular complexity index is 955. The van der Waals surface area contributed by atoms with Gasteiger partial charge >= 0.3 is 0 Å². The summed E-state index contributed by atoms with van der Waals surface area (Å²) in [6.45, 7) is 4.99. The van der Waals surface area contributed by atoms with Crippen LogP contribution in [0.2, 0.25) is 0 Å². The van der Waals surface area contributed by atoms with E-state index >= 15 is 0 Å². The first-order valence-corrected chi connectivity index (χ1v) is 10.7. The minimum Gasteiger partial charge on any atom is -0.348 e. The first-order valence-electron chi connectivity index (χ1n) is 10.7. The van der Waals surface area contributed by atoms with Crippen LogP contribution in [0, 0.1) is 0 Å². The summed E-state index contributed by atoms with van der Waals surface area (Å²) in [4.78, 5) is 23.6. The molecule has 4 rings (SSSR count). The second kappa shape index (κ2) is 9.63. The lowest BCUT2D eigenvalue weighted by Crippen LogP contribution is -2.36. The van der Waals surface area contributed by atoms with Crippen molar-refractivity contribution in [3.05, 3.63) is 83.7 Å². The van der Waals surface area contributed by atoms with Crippen molar-refractivity contribution in [2.24, 2.45) is 0 Å². The number of aromatic nitrogens is 2. The van der Waals surface area contributed by atoms with E-state index in [-0.39, 0.29) is 5.91 Å². The zero-order valence-corrected chi connectivity index (χ0v) is 17.4. The minimum absolute atomic E-state index is 0.166. The molecule has 1 saturated heterocycles. The fourth-order valence-corrected chi connectivity index (χ4v) is 3.86. The van der Waals surface area contributed by atoms with E-state index in [0.29, 0.717) is 24.0 Å². The Balaban J connectivity index is 1.30. The molecule has 1 aliphatic heterocycles. The number of carbonyl (C=O) groups excluding carboxylic acids is 1. The fourth-order valence-electron chi connectivity index (χ4n) is 3.86. The van der Waals surface area contributed by atoms with Crippen molar-refractivity contribution in [3.8, 4) is 11.4 Å². The Kier molecular flexibility index (Phi) is 6.50. The number of benzene rings is 2. The molecule has 1 amide bonds. The van der Waals surface area contributed by atoms with Gasteiger partial charge in [0.05, 0.1) is 5.56 Å². The average Bonchev–Trinajstić information content (AvgIpc) is 2.80. The predicted octanol–water partition coefficient (Wildman–Crippen LogP) is 4.45. The van der Waals surface area contributed by atoms with Crippen molar-refractivity contribution in [1.29, 1.82) is 0 Å². The van der Waals surface area contributed by atoms with Gasteiger partial charge in [0, 0.05) is 37.1 Å². The monoisotopic (exact) mass is 400 g/mol. The lowest BCUT2D eigenvalue weighted by Gasteiger charge is -2.33. The van der Waals surface area contributed by atoms with Crippen molar-refractivity contribution in [1.82, 2.24) is 20.2 Å². The number of nitrogens with one attached hydrogen (secondary N) is 1. The molecule has 1 aromatic heterocycles.